The number of aromatic nitrogens is 1. The van der Waals surface area contributed by atoms with Crippen molar-refractivity contribution in [2.24, 2.45) is 0 Å². The topological polar surface area (TPSA) is 103 Å². The molecule has 0 radical (unpaired) electrons. The molecular weight excluding hydrogens is 157 g/mol. The van der Waals surface area contributed by atoms with E-state index in [2.05, 4.69) is 4.98 Å². The van der Waals surface area contributed by atoms with Crippen molar-refractivity contribution in [1.82, 2.24) is 4.98 Å². The van der Waals surface area contributed by atoms with Crippen molar-refractivity contribution < 1.29 is 10.0 Å². The van der Waals surface area contributed by atoms with Crippen molar-refractivity contribution in [1.29, 1.82) is 5.26 Å². The van der Waals surface area contributed by atoms with Crippen LogP contribution < -0.4 is 11.2 Å². The fourth-order valence-electron chi connectivity index (χ4n) is 0.722. The summed E-state index contributed by atoms with van der Waals surface area (Å²) in [6.45, 7) is 0. The third kappa shape index (κ3) is 1.53. The number of hydrogen-bond donors (Lipinski definition) is 3. The second-order valence-corrected chi connectivity index (χ2v) is 2.19. The smallest absolute Gasteiger partial charge is 0.423 e. The van der Waals surface area contributed by atoms with Gasteiger partial charge in [0.15, 0.2) is 0 Å². The zero-order valence-electron chi connectivity index (χ0n) is 6.10. The molecule has 0 saturated heterocycles. The summed E-state index contributed by atoms with van der Waals surface area (Å²) in [6, 6.07) is 3.07. The van der Waals surface area contributed by atoms with Gasteiger partial charge >= 0.3 is 7.12 Å². The molecule has 6 heteroatoms. The highest BCUT2D eigenvalue weighted by atomic mass is 16.4. The van der Waals surface area contributed by atoms with E-state index in [1.807, 2.05) is 0 Å². The van der Waals surface area contributed by atoms with Crippen LogP contribution in [0.5, 0.6) is 0 Å². The molecule has 0 fully saturated rings. The minimum Gasteiger partial charge on any atom is -0.423 e. The summed E-state index contributed by atoms with van der Waals surface area (Å²) >= 11 is 0. The van der Waals surface area contributed by atoms with Gasteiger partial charge in [0, 0.05) is 11.7 Å². The van der Waals surface area contributed by atoms with Crippen LogP contribution in [0.2, 0.25) is 0 Å². The normalized spacial score (nSPS) is 9.08. The molecule has 0 spiro atoms. The van der Waals surface area contributed by atoms with Crippen molar-refractivity contribution in [3.05, 3.63) is 17.8 Å². The van der Waals surface area contributed by atoms with Crippen LogP contribution >= 0.6 is 0 Å². The Bertz CT molecular complexity index is 334. The predicted molar refractivity (Wildman–Crippen MR) is 43.2 cm³/mol. The summed E-state index contributed by atoms with van der Waals surface area (Å²) in [5.41, 5.74) is 5.60. The molecule has 5 nitrogen and oxygen atoms in total. The zero-order valence-corrected chi connectivity index (χ0v) is 6.10. The van der Waals surface area contributed by atoms with E-state index in [0.717, 1.165) is 0 Å². The molecule has 60 valence electrons. The van der Waals surface area contributed by atoms with Crippen molar-refractivity contribution in [3.63, 3.8) is 0 Å². The fraction of sp³-hybridized carbons (Fsp3) is 0. The summed E-state index contributed by atoms with van der Waals surface area (Å²) < 4.78 is 0. The van der Waals surface area contributed by atoms with Gasteiger partial charge in [-0.1, -0.05) is 0 Å². The minimum absolute atomic E-state index is 0.0851. The maximum absolute atomic E-state index is 8.70. The van der Waals surface area contributed by atoms with Crippen LogP contribution in [0.1, 0.15) is 5.56 Å². The van der Waals surface area contributed by atoms with E-state index in [4.69, 9.17) is 21.0 Å². The van der Waals surface area contributed by atoms with E-state index in [-0.39, 0.29) is 16.8 Å². The van der Waals surface area contributed by atoms with Crippen LogP contribution in [0.3, 0.4) is 0 Å². The van der Waals surface area contributed by atoms with Crippen LogP contribution in [0, 0.1) is 11.3 Å². The first-order chi connectivity index (χ1) is 5.65. The standard InChI is InChI=1S/C6H6BN3O2/c8-2-4-1-5(7(11)12)3-10-6(4)9/h1,3,11-12H,(H2,9,10). The predicted octanol–water partition coefficient (Wildman–Crippen LogP) is -1.78. The number of nitriles is 1. The number of hydrogen-bond acceptors (Lipinski definition) is 5. The zero-order chi connectivity index (χ0) is 9.14. The van der Waals surface area contributed by atoms with Gasteiger partial charge in [0.1, 0.15) is 11.9 Å². The van der Waals surface area contributed by atoms with Gasteiger partial charge in [0.2, 0.25) is 0 Å². The molecule has 0 aliphatic heterocycles. The third-order valence-corrected chi connectivity index (χ3v) is 1.36. The number of nitrogens with zero attached hydrogens (tertiary/aromatic N) is 2. The Labute approximate surface area is 69.2 Å². The second kappa shape index (κ2) is 3.22. The molecule has 0 aromatic carbocycles. The molecule has 1 aromatic heterocycles. The molecule has 1 heterocycles. The first kappa shape index (κ1) is 8.52. The van der Waals surface area contributed by atoms with Crippen molar-refractivity contribution in [2.45, 2.75) is 0 Å². The van der Waals surface area contributed by atoms with Gasteiger partial charge in [-0.15, -0.1) is 0 Å². The van der Waals surface area contributed by atoms with Gasteiger partial charge in [0.25, 0.3) is 0 Å². The highest BCUT2D eigenvalue weighted by Crippen LogP contribution is 2.02. The first-order valence-electron chi connectivity index (χ1n) is 3.17. The Hall–Kier alpha value is -1.58. The average Bonchev–Trinajstić information content (AvgIpc) is 2.05. The van der Waals surface area contributed by atoms with E-state index < -0.39 is 7.12 Å². The lowest BCUT2D eigenvalue weighted by atomic mass is 9.81. The summed E-state index contributed by atoms with van der Waals surface area (Å²) in [6.07, 6.45) is 1.21. The molecule has 12 heavy (non-hydrogen) atoms. The molecule has 0 atom stereocenters. The molecule has 0 aliphatic carbocycles. The highest BCUT2D eigenvalue weighted by Gasteiger charge is 2.12. The Morgan fingerprint density at radius 1 is 1.58 bits per heavy atom. The van der Waals surface area contributed by atoms with Crippen molar-refractivity contribution >= 4 is 18.4 Å². The summed E-state index contributed by atoms with van der Waals surface area (Å²) in [4.78, 5) is 3.61. The van der Waals surface area contributed by atoms with Crippen LogP contribution in [0.25, 0.3) is 0 Å². The van der Waals surface area contributed by atoms with Crippen molar-refractivity contribution in [2.75, 3.05) is 5.73 Å². The third-order valence-electron chi connectivity index (χ3n) is 1.36. The monoisotopic (exact) mass is 163 g/mol. The molecule has 0 amide bonds. The SMILES string of the molecule is N#Cc1cc(B(O)O)cnc1N. The fourth-order valence-corrected chi connectivity index (χ4v) is 0.722. The quantitative estimate of drug-likeness (QED) is 0.424. The summed E-state index contributed by atoms with van der Waals surface area (Å²) in [5, 5.41) is 25.9. The molecule has 4 N–H and O–H groups in total. The molecule has 0 bridgehead atoms. The molecule has 1 aromatic rings. The Morgan fingerprint density at radius 2 is 2.25 bits per heavy atom. The molecule has 1 rings (SSSR count). The maximum atomic E-state index is 8.70. The van der Waals surface area contributed by atoms with Crippen molar-refractivity contribution in [3.8, 4) is 6.07 Å². The number of anilines is 1. The number of nitrogens with two attached hydrogens (primary N) is 1. The summed E-state index contributed by atoms with van der Waals surface area (Å²) in [5.74, 6) is 0.0851. The van der Waals surface area contributed by atoms with Gasteiger partial charge in [-0.2, -0.15) is 5.26 Å². The van der Waals surface area contributed by atoms with Gasteiger partial charge in [0.05, 0.1) is 5.56 Å². The van der Waals surface area contributed by atoms with Crippen LogP contribution in [-0.4, -0.2) is 22.2 Å². The Kier molecular flexibility index (Phi) is 2.28. The minimum atomic E-state index is -1.62. The van der Waals surface area contributed by atoms with E-state index in [0.29, 0.717) is 0 Å². The lowest BCUT2D eigenvalue weighted by Gasteiger charge is -2.00. The largest absolute Gasteiger partial charge is 0.490 e. The highest BCUT2D eigenvalue weighted by molar-refractivity contribution is 6.58. The second-order valence-electron chi connectivity index (χ2n) is 2.19. The number of rotatable bonds is 1. The lowest BCUT2D eigenvalue weighted by Crippen LogP contribution is -2.30. The summed E-state index contributed by atoms with van der Waals surface area (Å²) in [7, 11) is -1.62. The van der Waals surface area contributed by atoms with E-state index >= 15 is 0 Å². The van der Waals surface area contributed by atoms with Gasteiger partial charge in [-0.3, -0.25) is 0 Å². The van der Waals surface area contributed by atoms with Gasteiger partial charge < -0.3 is 15.8 Å². The van der Waals surface area contributed by atoms with Crippen LogP contribution in [0.15, 0.2) is 12.3 Å². The van der Waals surface area contributed by atoms with Gasteiger partial charge in [-0.25, -0.2) is 4.98 Å². The Balaban J connectivity index is 3.16. The molecule has 0 saturated carbocycles. The molecular formula is C6H6BN3O2. The van der Waals surface area contributed by atoms with Gasteiger partial charge in [-0.05, 0) is 6.07 Å². The van der Waals surface area contributed by atoms with E-state index in [1.54, 1.807) is 6.07 Å². The number of pyridine rings is 1. The van der Waals surface area contributed by atoms with E-state index in [9.17, 15) is 0 Å². The molecule has 0 aliphatic rings. The molecule has 0 unspecified atom stereocenters. The number of nitrogen functional groups attached to an aromatic ring is 1. The maximum Gasteiger partial charge on any atom is 0.490 e. The lowest BCUT2D eigenvalue weighted by molar-refractivity contribution is 0.425. The van der Waals surface area contributed by atoms with Crippen LogP contribution in [0.4, 0.5) is 5.82 Å². The van der Waals surface area contributed by atoms with E-state index in [1.165, 1.54) is 12.3 Å². The Morgan fingerprint density at radius 3 is 2.75 bits per heavy atom. The first-order valence-corrected chi connectivity index (χ1v) is 3.17. The van der Waals surface area contributed by atoms with Crippen LogP contribution in [-0.2, 0) is 0 Å². The average molecular weight is 163 g/mol.